The molecule has 1 N–H and O–H groups in total. The van der Waals surface area contributed by atoms with E-state index in [0.717, 1.165) is 12.1 Å². The molecule has 0 saturated heterocycles. The van der Waals surface area contributed by atoms with Gasteiger partial charge < -0.3 is 4.42 Å². The average molecular weight is 340 g/mol. The Morgan fingerprint density at radius 1 is 1.24 bits per heavy atom. The van der Waals surface area contributed by atoms with Crippen molar-refractivity contribution in [2.75, 3.05) is 0 Å². The summed E-state index contributed by atoms with van der Waals surface area (Å²) in [5.41, 5.74) is -1.32. The van der Waals surface area contributed by atoms with E-state index < -0.39 is 26.7 Å². The van der Waals surface area contributed by atoms with Gasteiger partial charge in [0.15, 0.2) is 0 Å². The minimum atomic E-state index is -4.83. The minimum absolute atomic E-state index is 0.202. The Morgan fingerprint density at radius 2 is 1.95 bits per heavy atom. The molecule has 114 valence electrons. The van der Waals surface area contributed by atoms with Gasteiger partial charge in [-0.2, -0.15) is 13.2 Å². The second kappa shape index (κ2) is 5.70. The maximum absolute atomic E-state index is 12.9. The van der Waals surface area contributed by atoms with E-state index in [0.29, 0.717) is 6.07 Å². The van der Waals surface area contributed by atoms with Crippen LogP contribution in [0.15, 0.2) is 45.9 Å². The highest BCUT2D eigenvalue weighted by atomic mass is 35.5. The fourth-order valence-corrected chi connectivity index (χ4v) is 2.99. The molecule has 0 aliphatic rings. The maximum atomic E-state index is 12.9. The summed E-state index contributed by atoms with van der Waals surface area (Å²) in [6, 6.07) is 5.50. The Hall–Kier alpha value is -1.51. The van der Waals surface area contributed by atoms with Gasteiger partial charge in [0.2, 0.25) is 10.0 Å². The summed E-state index contributed by atoms with van der Waals surface area (Å²) >= 11 is 5.50. The molecule has 4 nitrogen and oxygen atoms in total. The first-order valence-electron chi connectivity index (χ1n) is 5.59. The van der Waals surface area contributed by atoms with Crippen LogP contribution in [0.1, 0.15) is 11.3 Å². The molecule has 0 amide bonds. The lowest BCUT2D eigenvalue weighted by Gasteiger charge is -2.13. The normalized spacial score (nSPS) is 12.6. The Labute approximate surface area is 123 Å². The summed E-state index contributed by atoms with van der Waals surface area (Å²) in [6.45, 7) is -0.255. The molecule has 0 unspecified atom stereocenters. The molecule has 1 heterocycles. The van der Waals surface area contributed by atoms with E-state index in [4.69, 9.17) is 16.0 Å². The van der Waals surface area contributed by atoms with E-state index in [1.807, 2.05) is 4.72 Å². The van der Waals surface area contributed by atoms with Gasteiger partial charge in [0, 0.05) is 5.02 Å². The third kappa shape index (κ3) is 3.78. The van der Waals surface area contributed by atoms with Gasteiger partial charge in [-0.3, -0.25) is 0 Å². The van der Waals surface area contributed by atoms with Crippen molar-refractivity contribution in [3.8, 4) is 0 Å². The highest BCUT2D eigenvalue weighted by molar-refractivity contribution is 7.89. The molecule has 0 aliphatic heterocycles. The van der Waals surface area contributed by atoms with Gasteiger partial charge in [0.1, 0.15) is 5.76 Å². The van der Waals surface area contributed by atoms with Crippen LogP contribution >= 0.6 is 11.6 Å². The molecule has 1 aromatic carbocycles. The lowest BCUT2D eigenvalue weighted by molar-refractivity contribution is -0.139. The van der Waals surface area contributed by atoms with Crippen molar-refractivity contribution in [1.82, 2.24) is 4.72 Å². The number of alkyl halides is 3. The first-order valence-corrected chi connectivity index (χ1v) is 7.45. The molecule has 0 radical (unpaired) electrons. The monoisotopic (exact) mass is 339 g/mol. The van der Waals surface area contributed by atoms with E-state index in [9.17, 15) is 21.6 Å². The molecule has 2 rings (SSSR count). The number of sulfonamides is 1. The van der Waals surface area contributed by atoms with Crippen molar-refractivity contribution in [3.63, 3.8) is 0 Å². The molecule has 1 aromatic heterocycles. The van der Waals surface area contributed by atoms with Gasteiger partial charge in [0.25, 0.3) is 0 Å². The van der Waals surface area contributed by atoms with Gasteiger partial charge in [-0.05, 0) is 30.3 Å². The van der Waals surface area contributed by atoms with Crippen molar-refractivity contribution in [1.29, 1.82) is 0 Å². The maximum Gasteiger partial charge on any atom is 0.417 e. The van der Waals surface area contributed by atoms with Gasteiger partial charge in [-0.25, -0.2) is 13.1 Å². The van der Waals surface area contributed by atoms with Crippen LogP contribution in [-0.2, 0) is 22.7 Å². The van der Waals surface area contributed by atoms with Crippen LogP contribution in [0.2, 0.25) is 5.02 Å². The summed E-state index contributed by atoms with van der Waals surface area (Å²) in [6.07, 6.45) is -3.51. The second-order valence-corrected chi connectivity index (χ2v) is 6.21. The average Bonchev–Trinajstić information content (AvgIpc) is 2.88. The Kier molecular flexibility index (Phi) is 4.31. The number of benzene rings is 1. The number of rotatable bonds is 4. The standard InChI is InChI=1S/C12H9ClF3NO3S/c13-8-3-4-11(10(6-8)12(14,15)16)21(18,19)17-7-9-2-1-5-20-9/h1-6,17H,7H2. The SMILES string of the molecule is O=S(=O)(NCc1ccco1)c1ccc(Cl)cc1C(F)(F)F. The summed E-state index contributed by atoms with van der Waals surface area (Å²) in [5.74, 6) is 0.279. The minimum Gasteiger partial charge on any atom is -0.468 e. The Bertz CT molecular complexity index is 727. The number of furan rings is 1. The third-order valence-electron chi connectivity index (χ3n) is 2.55. The van der Waals surface area contributed by atoms with E-state index in [2.05, 4.69) is 0 Å². The van der Waals surface area contributed by atoms with Crippen molar-refractivity contribution in [2.24, 2.45) is 0 Å². The van der Waals surface area contributed by atoms with Crippen molar-refractivity contribution >= 4 is 21.6 Å². The summed E-state index contributed by atoms with van der Waals surface area (Å²) in [4.78, 5) is -0.883. The molecule has 0 fully saturated rings. The van der Waals surface area contributed by atoms with Crippen LogP contribution in [0.25, 0.3) is 0 Å². The summed E-state index contributed by atoms with van der Waals surface area (Å²) in [5, 5.41) is -0.202. The quantitative estimate of drug-likeness (QED) is 0.928. The number of hydrogen-bond donors (Lipinski definition) is 1. The first-order chi connectivity index (χ1) is 9.70. The van der Waals surface area contributed by atoms with E-state index in [1.165, 1.54) is 18.4 Å². The van der Waals surface area contributed by atoms with Gasteiger partial charge in [0.05, 0.1) is 23.3 Å². The largest absolute Gasteiger partial charge is 0.468 e. The van der Waals surface area contributed by atoms with Crippen molar-refractivity contribution in [2.45, 2.75) is 17.6 Å². The van der Waals surface area contributed by atoms with E-state index >= 15 is 0 Å². The number of halogens is 4. The molecule has 0 atom stereocenters. The molecule has 0 spiro atoms. The highest BCUT2D eigenvalue weighted by Crippen LogP contribution is 2.35. The zero-order valence-corrected chi connectivity index (χ0v) is 11.9. The molecule has 9 heteroatoms. The fraction of sp³-hybridized carbons (Fsp3) is 0.167. The van der Waals surface area contributed by atoms with Gasteiger partial charge >= 0.3 is 6.18 Å². The van der Waals surface area contributed by atoms with Crippen molar-refractivity contribution < 1.29 is 26.0 Å². The van der Waals surface area contributed by atoms with Crippen molar-refractivity contribution in [3.05, 3.63) is 52.9 Å². The fourth-order valence-electron chi connectivity index (χ4n) is 1.62. The number of hydrogen-bond acceptors (Lipinski definition) is 3. The van der Waals surface area contributed by atoms with Crippen LogP contribution in [0, 0.1) is 0 Å². The van der Waals surface area contributed by atoms with Crippen LogP contribution < -0.4 is 4.72 Å². The second-order valence-electron chi connectivity index (χ2n) is 4.04. The highest BCUT2D eigenvalue weighted by Gasteiger charge is 2.37. The van der Waals surface area contributed by atoms with Crippen LogP contribution in [0.4, 0.5) is 13.2 Å². The molecule has 2 aromatic rings. The van der Waals surface area contributed by atoms with E-state index in [1.54, 1.807) is 0 Å². The lowest BCUT2D eigenvalue weighted by atomic mass is 10.2. The summed E-state index contributed by atoms with van der Waals surface area (Å²) < 4.78 is 69.7. The molecule has 0 bridgehead atoms. The van der Waals surface area contributed by atoms with Crippen LogP contribution in [0.5, 0.6) is 0 Å². The third-order valence-corrected chi connectivity index (χ3v) is 4.25. The zero-order chi connectivity index (χ0) is 15.7. The Morgan fingerprint density at radius 3 is 2.52 bits per heavy atom. The predicted octanol–water partition coefficient (Wildman–Crippen LogP) is 3.43. The van der Waals surface area contributed by atoms with Crippen LogP contribution in [0.3, 0.4) is 0 Å². The smallest absolute Gasteiger partial charge is 0.417 e. The van der Waals surface area contributed by atoms with Gasteiger partial charge in [-0.1, -0.05) is 11.6 Å². The van der Waals surface area contributed by atoms with Crippen LogP contribution in [-0.4, -0.2) is 8.42 Å². The predicted molar refractivity (Wildman–Crippen MR) is 69.2 cm³/mol. The lowest BCUT2D eigenvalue weighted by Crippen LogP contribution is -2.25. The molecule has 21 heavy (non-hydrogen) atoms. The summed E-state index contributed by atoms with van der Waals surface area (Å²) in [7, 11) is -4.36. The zero-order valence-electron chi connectivity index (χ0n) is 10.3. The Balaban J connectivity index is 2.36. The number of nitrogens with one attached hydrogen (secondary N) is 1. The molecule has 0 aliphatic carbocycles. The van der Waals surface area contributed by atoms with Gasteiger partial charge in [-0.15, -0.1) is 0 Å². The molecular weight excluding hydrogens is 331 g/mol. The topological polar surface area (TPSA) is 59.3 Å². The molecule has 0 saturated carbocycles. The molecular formula is C12H9ClF3NO3S. The first kappa shape index (κ1) is 15.9. The van der Waals surface area contributed by atoms with E-state index in [-0.39, 0.29) is 17.3 Å².